The lowest BCUT2D eigenvalue weighted by Gasteiger charge is -2.15. The normalized spacial score (nSPS) is 12.3. The number of hydrogen-bond donors (Lipinski definition) is 1. The van der Waals surface area contributed by atoms with E-state index in [1.165, 1.54) is 0 Å². The van der Waals surface area contributed by atoms with Gasteiger partial charge >= 0.3 is 0 Å². The number of carbonyl (C=O) groups excluding carboxylic acids is 1. The average molecular weight is 339 g/mol. The van der Waals surface area contributed by atoms with E-state index >= 15 is 0 Å². The van der Waals surface area contributed by atoms with Gasteiger partial charge in [-0.1, -0.05) is 24.3 Å². The zero-order chi connectivity index (χ0) is 15.6. The highest BCUT2D eigenvalue weighted by molar-refractivity contribution is 7.10. The van der Waals surface area contributed by atoms with Gasteiger partial charge in [-0.05, 0) is 46.0 Å². The number of nitrogens with one attached hydrogen (secondary N) is 1. The molecular formula is C18H13NO2S2. The summed E-state index contributed by atoms with van der Waals surface area (Å²) in [6.45, 7) is 0. The lowest BCUT2D eigenvalue weighted by molar-refractivity contribution is 0.0918. The van der Waals surface area contributed by atoms with Crippen molar-refractivity contribution >= 4 is 39.5 Å². The van der Waals surface area contributed by atoms with Crippen molar-refractivity contribution in [1.29, 1.82) is 0 Å². The fraction of sp³-hybridized carbons (Fsp3) is 0.0556. The third kappa shape index (κ3) is 2.81. The predicted molar refractivity (Wildman–Crippen MR) is 94.2 cm³/mol. The minimum Gasteiger partial charge on any atom is -0.451 e. The molecule has 1 atom stereocenters. The van der Waals surface area contributed by atoms with Gasteiger partial charge in [-0.3, -0.25) is 4.79 Å². The number of rotatable bonds is 4. The minimum atomic E-state index is -0.203. The van der Waals surface area contributed by atoms with Crippen LogP contribution in [0.15, 0.2) is 69.1 Å². The number of furan rings is 1. The molecule has 23 heavy (non-hydrogen) atoms. The highest BCUT2D eigenvalue weighted by atomic mass is 32.1. The second-order valence-corrected chi connectivity index (χ2v) is 6.89. The van der Waals surface area contributed by atoms with E-state index in [1.807, 2.05) is 53.2 Å². The van der Waals surface area contributed by atoms with E-state index < -0.39 is 0 Å². The van der Waals surface area contributed by atoms with Crippen molar-refractivity contribution in [2.24, 2.45) is 0 Å². The molecule has 1 aromatic carbocycles. The van der Waals surface area contributed by atoms with Gasteiger partial charge < -0.3 is 9.73 Å². The molecule has 0 saturated heterocycles. The van der Waals surface area contributed by atoms with Gasteiger partial charge in [0, 0.05) is 10.3 Å². The molecule has 0 saturated carbocycles. The summed E-state index contributed by atoms with van der Waals surface area (Å²) in [7, 11) is 0. The Balaban J connectivity index is 1.65. The summed E-state index contributed by atoms with van der Waals surface area (Å²) in [6.07, 6.45) is 0. The fourth-order valence-corrected chi connectivity index (χ4v) is 4.00. The first-order chi connectivity index (χ1) is 11.3. The zero-order valence-electron chi connectivity index (χ0n) is 12.1. The van der Waals surface area contributed by atoms with Crippen LogP contribution in [0.5, 0.6) is 0 Å². The molecule has 5 heteroatoms. The first kappa shape index (κ1) is 14.2. The third-order valence-corrected chi connectivity index (χ3v) is 5.27. The van der Waals surface area contributed by atoms with Crippen LogP contribution in [0.1, 0.15) is 27.0 Å². The molecule has 1 N–H and O–H groups in total. The summed E-state index contributed by atoms with van der Waals surface area (Å²) in [4.78, 5) is 13.7. The molecule has 0 spiro atoms. The average Bonchev–Trinajstić information content (AvgIpc) is 3.33. The van der Waals surface area contributed by atoms with E-state index in [2.05, 4.69) is 10.7 Å². The summed E-state index contributed by atoms with van der Waals surface area (Å²) in [5.41, 5.74) is 1.81. The summed E-state index contributed by atoms with van der Waals surface area (Å²) in [5.74, 6) is 0.133. The molecule has 3 heterocycles. The van der Waals surface area contributed by atoms with Crippen LogP contribution in [0.3, 0.4) is 0 Å². The number of thiophene rings is 2. The Bertz CT molecular complexity index is 856. The maximum Gasteiger partial charge on any atom is 0.287 e. The second-order valence-electron chi connectivity index (χ2n) is 5.13. The monoisotopic (exact) mass is 339 g/mol. The Hall–Kier alpha value is -2.37. The maximum absolute atomic E-state index is 12.6. The van der Waals surface area contributed by atoms with Crippen molar-refractivity contribution in [1.82, 2.24) is 5.32 Å². The fourth-order valence-electron chi connectivity index (χ4n) is 2.51. The van der Waals surface area contributed by atoms with Crippen LogP contribution in [0.4, 0.5) is 0 Å². The van der Waals surface area contributed by atoms with Gasteiger partial charge in [0.15, 0.2) is 5.76 Å². The van der Waals surface area contributed by atoms with Crippen LogP contribution < -0.4 is 5.32 Å². The Morgan fingerprint density at radius 2 is 2.00 bits per heavy atom. The van der Waals surface area contributed by atoms with E-state index in [1.54, 1.807) is 28.7 Å². The van der Waals surface area contributed by atoms with Crippen LogP contribution in [0.25, 0.3) is 11.0 Å². The Morgan fingerprint density at radius 1 is 1.09 bits per heavy atom. The van der Waals surface area contributed by atoms with E-state index in [0.717, 1.165) is 21.4 Å². The standard InChI is InChI=1S/C18H13NO2S2/c20-18(15-10-12-4-1-2-5-14(12)21-15)19-17(13-7-9-22-11-13)16-6-3-8-23-16/h1-11,17H,(H,19,20). The largest absolute Gasteiger partial charge is 0.451 e. The summed E-state index contributed by atoms with van der Waals surface area (Å²) in [5, 5.41) is 10.1. The molecule has 4 rings (SSSR count). The van der Waals surface area contributed by atoms with Gasteiger partial charge in [-0.15, -0.1) is 11.3 Å². The predicted octanol–water partition coefficient (Wildman–Crippen LogP) is 5.08. The molecule has 4 aromatic rings. The SMILES string of the molecule is O=C(NC(c1ccsc1)c1cccs1)c1cc2ccccc2o1. The number of para-hydroxylation sites is 1. The highest BCUT2D eigenvalue weighted by Gasteiger charge is 2.21. The van der Waals surface area contributed by atoms with Crippen LogP contribution in [-0.2, 0) is 0 Å². The van der Waals surface area contributed by atoms with Crippen molar-refractivity contribution in [3.63, 3.8) is 0 Å². The van der Waals surface area contributed by atoms with Gasteiger partial charge in [0.25, 0.3) is 5.91 Å². The molecule has 3 aromatic heterocycles. The van der Waals surface area contributed by atoms with E-state index in [9.17, 15) is 4.79 Å². The van der Waals surface area contributed by atoms with E-state index in [-0.39, 0.29) is 11.9 Å². The molecule has 114 valence electrons. The molecule has 0 aliphatic heterocycles. The molecule has 1 unspecified atom stereocenters. The Morgan fingerprint density at radius 3 is 2.74 bits per heavy atom. The Labute approximate surface area is 141 Å². The second kappa shape index (κ2) is 6.02. The highest BCUT2D eigenvalue weighted by Crippen LogP contribution is 2.28. The number of hydrogen-bond acceptors (Lipinski definition) is 4. The number of amides is 1. The number of fused-ring (bicyclic) bond motifs is 1. The van der Waals surface area contributed by atoms with Crippen molar-refractivity contribution in [2.75, 3.05) is 0 Å². The number of benzene rings is 1. The quantitative estimate of drug-likeness (QED) is 0.564. The first-order valence-electron chi connectivity index (χ1n) is 7.16. The summed E-state index contributed by atoms with van der Waals surface area (Å²) in [6, 6.07) is 15.3. The zero-order valence-corrected chi connectivity index (χ0v) is 13.7. The van der Waals surface area contributed by atoms with Gasteiger partial charge in [0.05, 0.1) is 6.04 Å². The first-order valence-corrected chi connectivity index (χ1v) is 8.98. The van der Waals surface area contributed by atoms with Crippen LogP contribution >= 0.6 is 22.7 Å². The van der Waals surface area contributed by atoms with Crippen molar-refractivity contribution in [3.05, 3.63) is 80.9 Å². The van der Waals surface area contributed by atoms with Crippen LogP contribution in [-0.4, -0.2) is 5.91 Å². The Kier molecular flexibility index (Phi) is 3.73. The summed E-state index contributed by atoms with van der Waals surface area (Å²) < 4.78 is 5.66. The smallest absolute Gasteiger partial charge is 0.287 e. The van der Waals surface area contributed by atoms with Gasteiger partial charge in [-0.25, -0.2) is 0 Å². The molecule has 3 nitrogen and oxygen atoms in total. The van der Waals surface area contributed by atoms with Crippen molar-refractivity contribution in [2.45, 2.75) is 6.04 Å². The van der Waals surface area contributed by atoms with E-state index in [4.69, 9.17) is 4.42 Å². The molecule has 1 amide bonds. The van der Waals surface area contributed by atoms with Crippen molar-refractivity contribution < 1.29 is 9.21 Å². The molecule has 0 bridgehead atoms. The van der Waals surface area contributed by atoms with Gasteiger partial charge in [0.1, 0.15) is 5.58 Å². The third-order valence-electron chi connectivity index (χ3n) is 3.63. The van der Waals surface area contributed by atoms with Gasteiger partial charge in [-0.2, -0.15) is 11.3 Å². The van der Waals surface area contributed by atoms with Crippen LogP contribution in [0, 0.1) is 0 Å². The van der Waals surface area contributed by atoms with Crippen LogP contribution in [0.2, 0.25) is 0 Å². The molecule has 0 fully saturated rings. The van der Waals surface area contributed by atoms with Crippen molar-refractivity contribution in [3.8, 4) is 0 Å². The lowest BCUT2D eigenvalue weighted by Crippen LogP contribution is -2.28. The maximum atomic E-state index is 12.6. The minimum absolute atomic E-state index is 0.151. The topological polar surface area (TPSA) is 42.2 Å². The lowest BCUT2D eigenvalue weighted by atomic mass is 10.1. The van der Waals surface area contributed by atoms with E-state index in [0.29, 0.717) is 5.76 Å². The molecule has 0 aliphatic carbocycles. The summed E-state index contributed by atoms with van der Waals surface area (Å²) >= 11 is 3.25. The number of carbonyl (C=O) groups is 1. The molecule has 0 radical (unpaired) electrons. The molecule has 0 aliphatic rings. The van der Waals surface area contributed by atoms with Gasteiger partial charge in [0.2, 0.25) is 0 Å². The molecular weight excluding hydrogens is 326 g/mol.